The molecule has 1 aliphatic carbocycles. The minimum Gasteiger partial charge on any atom is -0.507 e. The van der Waals surface area contributed by atoms with Gasteiger partial charge in [0.1, 0.15) is 17.2 Å². The standard InChI is InChI=1S/C17H20O4/c1-17(19)5-4-13-11(9-17)6-10-7-12(20-2)8-14(21-3)15(10)16(13)18/h6-8,18-19H,4-5,9H2,1-3H3. The second-order valence-electron chi connectivity index (χ2n) is 5.96. The van der Waals surface area contributed by atoms with Crippen LogP contribution in [0.15, 0.2) is 18.2 Å². The molecule has 0 heterocycles. The summed E-state index contributed by atoms with van der Waals surface area (Å²) in [4.78, 5) is 0. The molecule has 4 nitrogen and oxygen atoms in total. The van der Waals surface area contributed by atoms with Crippen LogP contribution < -0.4 is 9.47 Å². The van der Waals surface area contributed by atoms with E-state index >= 15 is 0 Å². The Hall–Kier alpha value is -1.94. The van der Waals surface area contributed by atoms with E-state index in [0.29, 0.717) is 36.1 Å². The Morgan fingerprint density at radius 1 is 1.14 bits per heavy atom. The molecule has 0 aromatic heterocycles. The molecule has 112 valence electrons. The van der Waals surface area contributed by atoms with E-state index in [4.69, 9.17) is 9.47 Å². The summed E-state index contributed by atoms with van der Waals surface area (Å²) in [5.41, 5.74) is 1.19. The Labute approximate surface area is 123 Å². The molecule has 0 amide bonds. The average Bonchev–Trinajstić information content (AvgIpc) is 2.44. The normalized spacial score (nSPS) is 21.1. The van der Waals surface area contributed by atoms with Gasteiger partial charge in [0.15, 0.2) is 0 Å². The zero-order valence-corrected chi connectivity index (χ0v) is 12.6. The first kappa shape index (κ1) is 14.0. The summed E-state index contributed by atoms with van der Waals surface area (Å²) < 4.78 is 10.7. The fourth-order valence-corrected chi connectivity index (χ4v) is 3.16. The number of phenolic OH excluding ortho intramolecular Hbond substituents is 1. The molecule has 0 radical (unpaired) electrons. The fraction of sp³-hybridized carbons (Fsp3) is 0.412. The summed E-state index contributed by atoms with van der Waals surface area (Å²) in [7, 11) is 3.18. The van der Waals surface area contributed by atoms with Crippen LogP contribution in [-0.2, 0) is 12.8 Å². The predicted molar refractivity (Wildman–Crippen MR) is 81.4 cm³/mol. The zero-order chi connectivity index (χ0) is 15.2. The lowest BCUT2D eigenvalue weighted by Crippen LogP contribution is -2.32. The minimum atomic E-state index is -0.712. The van der Waals surface area contributed by atoms with Crippen LogP contribution in [0.3, 0.4) is 0 Å². The highest BCUT2D eigenvalue weighted by molar-refractivity contribution is 5.96. The molecule has 0 saturated heterocycles. The van der Waals surface area contributed by atoms with E-state index < -0.39 is 5.60 Å². The monoisotopic (exact) mass is 288 g/mol. The highest BCUT2D eigenvalue weighted by atomic mass is 16.5. The molecule has 2 aromatic rings. The summed E-state index contributed by atoms with van der Waals surface area (Å²) in [5.74, 6) is 1.54. The maximum absolute atomic E-state index is 10.6. The van der Waals surface area contributed by atoms with Gasteiger partial charge in [-0.05, 0) is 42.3 Å². The van der Waals surface area contributed by atoms with Gasteiger partial charge in [-0.3, -0.25) is 0 Å². The van der Waals surface area contributed by atoms with Crippen molar-refractivity contribution in [1.82, 2.24) is 0 Å². The maximum atomic E-state index is 10.6. The molecule has 2 aromatic carbocycles. The van der Waals surface area contributed by atoms with Crippen LogP contribution in [0.4, 0.5) is 0 Å². The van der Waals surface area contributed by atoms with Crippen LogP contribution in [0.5, 0.6) is 17.2 Å². The summed E-state index contributed by atoms with van der Waals surface area (Å²) in [6, 6.07) is 5.66. The van der Waals surface area contributed by atoms with Gasteiger partial charge in [-0.25, -0.2) is 0 Å². The topological polar surface area (TPSA) is 58.9 Å². The van der Waals surface area contributed by atoms with Crippen LogP contribution in [0.2, 0.25) is 0 Å². The number of fused-ring (bicyclic) bond motifs is 2. The second kappa shape index (κ2) is 4.81. The second-order valence-corrected chi connectivity index (χ2v) is 5.96. The molecule has 0 fully saturated rings. The molecule has 0 saturated carbocycles. The van der Waals surface area contributed by atoms with Gasteiger partial charge in [0.25, 0.3) is 0 Å². The van der Waals surface area contributed by atoms with Crippen molar-refractivity contribution in [2.75, 3.05) is 14.2 Å². The molecule has 0 aliphatic heterocycles. The van der Waals surface area contributed by atoms with Crippen LogP contribution in [0.25, 0.3) is 10.8 Å². The Kier molecular flexibility index (Phi) is 3.21. The highest BCUT2D eigenvalue weighted by Crippen LogP contribution is 2.43. The summed E-state index contributed by atoms with van der Waals surface area (Å²) in [6.45, 7) is 1.84. The van der Waals surface area contributed by atoms with Crippen molar-refractivity contribution in [3.63, 3.8) is 0 Å². The number of hydrogen-bond acceptors (Lipinski definition) is 4. The third kappa shape index (κ3) is 2.29. The lowest BCUT2D eigenvalue weighted by molar-refractivity contribution is 0.0456. The zero-order valence-electron chi connectivity index (χ0n) is 12.6. The number of ether oxygens (including phenoxy) is 2. The Morgan fingerprint density at radius 3 is 2.57 bits per heavy atom. The van der Waals surface area contributed by atoms with E-state index in [-0.39, 0.29) is 5.75 Å². The molecule has 0 bridgehead atoms. The molecule has 1 unspecified atom stereocenters. The highest BCUT2D eigenvalue weighted by Gasteiger charge is 2.30. The first-order valence-corrected chi connectivity index (χ1v) is 7.07. The Balaban J connectivity index is 2.29. The van der Waals surface area contributed by atoms with Crippen molar-refractivity contribution in [2.45, 2.75) is 31.8 Å². The number of phenols is 1. The van der Waals surface area contributed by atoms with E-state index in [9.17, 15) is 10.2 Å². The van der Waals surface area contributed by atoms with Crippen molar-refractivity contribution >= 4 is 10.8 Å². The number of aromatic hydroxyl groups is 1. The number of benzene rings is 2. The van der Waals surface area contributed by atoms with Crippen LogP contribution in [-0.4, -0.2) is 30.0 Å². The quantitative estimate of drug-likeness (QED) is 0.892. The Bertz CT molecular complexity index is 704. The third-order valence-corrected chi connectivity index (χ3v) is 4.29. The van der Waals surface area contributed by atoms with Crippen molar-refractivity contribution in [1.29, 1.82) is 0 Å². The minimum absolute atomic E-state index is 0.262. The van der Waals surface area contributed by atoms with Gasteiger partial charge < -0.3 is 19.7 Å². The fourth-order valence-electron chi connectivity index (χ4n) is 3.16. The van der Waals surface area contributed by atoms with Crippen molar-refractivity contribution in [2.24, 2.45) is 0 Å². The van der Waals surface area contributed by atoms with E-state index in [1.165, 1.54) is 0 Å². The maximum Gasteiger partial charge on any atom is 0.134 e. The van der Waals surface area contributed by atoms with Crippen molar-refractivity contribution < 1.29 is 19.7 Å². The van der Waals surface area contributed by atoms with Crippen LogP contribution in [0.1, 0.15) is 24.5 Å². The first-order valence-electron chi connectivity index (χ1n) is 7.07. The van der Waals surface area contributed by atoms with E-state index in [1.54, 1.807) is 20.3 Å². The van der Waals surface area contributed by atoms with E-state index in [1.807, 2.05) is 19.1 Å². The molecule has 2 N–H and O–H groups in total. The number of hydrogen-bond donors (Lipinski definition) is 2. The summed E-state index contributed by atoms with van der Waals surface area (Å²) in [6.07, 6.45) is 1.86. The number of rotatable bonds is 2. The first-order chi connectivity index (χ1) is 9.95. The largest absolute Gasteiger partial charge is 0.507 e. The molecule has 21 heavy (non-hydrogen) atoms. The van der Waals surface area contributed by atoms with Gasteiger partial charge in [-0.2, -0.15) is 0 Å². The van der Waals surface area contributed by atoms with Crippen molar-refractivity contribution in [3.05, 3.63) is 29.3 Å². The summed E-state index contributed by atoms with van der Waals surface area (Å²) in [5, 5.41) is 22.5. The van der Waals surface area contributed by atoms with E-state index in [0.717, 1.165) is 16.5 Å². The lowest BCUT2D eigenvalue weighted by atomic mass is 9.80. The van der Waals surface area contributed by atoms with Gasteiger partial charge in [0, 0.05) is 12.5 Å². The van der Waals surface area contributed by atoms with Gasteiger partial charge in [0.2, 0.25) is 0 Å². The van der Waals surface area contributed by atoms with Crippen LogP contribution in [0, 0.1) is 0 Å². The van der Waals surface area contributed by atoms with Gasteiger partial charge in [-0.1, -0.05) is 6.07 Å². The van der Waals surface area contributed by atoms with Gasteiger partial charge >= 0.3 is 0 Å². The third-order valence-electron chi connectivity index (χ3n) is 4.29. The molecule has 4 heteroatoms. The van der Waals surface area contributed by atoms with Crippen molar-refractivity contribution in [3.8, 4) is 17.2 Å². The van der Waals surface area contributed by atoms with E-state index in [2.05, 4.69) is 0 Å². The Morgan fingerprint density at radius 2 is 1.90 bits per heavy atom. The number of aliphatic hydroxyl groups is 1. The average molecular weight is 288 g/mol. The van der Waals surface area contributed by atoms with Gasteiger partial charge in [0.05, 0.1) is 25.2 Å². The lowest BCUT2D eigenvalue weighted by Gasteiger charge is -2.31. The predicted octanol–water partition coefficient (Wildman–Crippen LogP) is 2.80. The van der Waals surface area contributed by atoms with Gasteiger partial charge in [-0.15, -0.1) is 0 Å². The summed E-state index contributed by atoms with van der Waals surface area (Å²) >= 11 is 0. The SMILES string of the molecule is COc1cc(OC)c2c(O)c3c(cc2c1)CC(C)(O)CC3. The molecule has 0 spiro atoms. The molecule has 1 aliphatic rings. The molecular weight excluding hydrogens is 268 g/mol. The molecule has 3 rings (SSSR count). The number of methoxy groups -OCH3 is 2. The van der Waals surface area contributed by atoms with Crippen LogP contribution >= 0.6 is 0 Å². The smallest absolute Gasteiger partial charge is 0.134 e. The molecule has 1 atom stereocenters. The molecular formula is C17H20O4.